The van der Waals surface area contributed by atoms with Gasteiger partial charge in [-0.2, -0.15) is 0 Å². The third-order valence-corrected chi connectivity index (χ3v) is 8.45. The first-order valence-corrected chi connectivity index (χ1v) is 14.8. The number of ether oxygens (including phenoxy) is 10. The summed E-state index contributed by atoms with van der Waals surface area (Å²) in [6.07, 6.45) is -0.794. The Morgan fingerprint density at radius 2 is 1.74 bits per heavy atom. The molecule has 1 N–H and O–H groups in total. The van der Waals surface area contributed by atoms with Gasteiger partial charge in [-0.3, -0.25) is 4.79 Å². The van der Waals surface area contributed by atoms with E-state index in [1.807, 2.05) is 30.3 Å². The van der Waals surface area contributed by atoms with Crippen LogP contribution in [0.15, 0.2) is 30.3 Å². The Kier molecular flexibility index (Phi) is 10.7. The van der Waals surface area contributed by atoms with Crippen LogP contribution in [0.1, 0.15) is 50.9 Å². The van der Waals surface area contributed by atoms with Gasteiger partial charge >= 0.3 is 5.97 Å². The fourth-order valence-corrected chi connectivity index (χ4v) is 6.65. The van der Waals surface area contributed by atoms with Gasteiger partial charge < -0.3 is 52.7 Å². The van der Waals surface area contributed by atoms with Crippen LogP contribution in [-0.4, -0.2) is 108 Å². The molecule has 3 aliphatic heterocycles. The normalized spacial score (nSPS) is 34.3. The summed E-state index contributed by atoms with van der Waals surface area (Å²) in [5.41, 5.74) is -1.19. The van der Waals surface area contributed by atoms with Gasteiger partial charge in [0.05, 0.1) is 20.3 Å². The van der Waals surface area contributed by atoms with Gasteiger partial charge in [-0.15, -0.1) is 0 Å². The zero-order valence-corrected chi connectivity index (χ0v) is 25.2. The summed E-state index contributed by atoms with van der Waals surface area (Å²) in [6.45, 7) is 1.16. The van der Waals surface area contributed by atoms with Crippen molar-refractivity contribution in [3.8, 4) is 0 Å². The summed E-state index contributed by atoms with van der Waals surface area (Å²) < 4.78 is 60.4. The largest absolute Gasteiger partial charge is 0.467 e. The van der Waals surface area contributed by atoms with Gasteiger partial charge in [0.15, 0.2) is 12.1 Å². The van der Waals surface area contributed by atoms with Crippen molar-refractivity contribution < 1.29 is 57.0 Å². The second kappa shape index (κ2) is 14.3. The van der Waals surface area contributed by atoms with Crippen LogP contribution in [0.4, 0.5) is 0 Å². The number of amides is 1. The first-order valence-electron chi connectivity index (χ1n) is 14.8. The molecule has 1 spiro atoms. The van der Waals surface area contributed by atoms with Crippen LogP contribution in [0.2, 0.25) is 0 Å². The average Bonchev–Trinajstić information content (AvgIpc) is 3.42. The van der Waals surface area contributed by atoms with Crippen molar-refractivity contribution in [3.63, 3.8) is 0 Å². The van der Waals surface area contributed by atoms with Crippen LogP contribution in [0, 0.1) is 0 Å². The van der Waals surface area contributed by atoms with Crippen LogP contribution < -0.4 is 5.32 Å². The van der Waals surface area contributed by atoms with E-state index in [0.717, 1.165) is 24.8 Å². The molecule has 4 fully saturated rings. The summed E-state index contributed by atoms with van der Waals surface area (Å²) in [5, 5.41) is 2.90. The van der Waals surface area contributed by atoms with Crippen molar-refractivity contribution in [2.24, 2.45) is 0 Å². The summed E-state index contributed by atoms with van der Waals surface area (Å²) >= 11 is 0. The van der Waals surface area contributed by atoms with Crippen molar-refractivity contribution in [2.45, 2.75) is 93.3 Å². The van der Waals surface area contributed by atoms with Gasteiger partial charge in [-0.05, 0) is 12.8 Å². The molecule has 43 heavy (non-hydrogen) atoms. The summed E-state index contributed by atoms with van der Waals surface area (Å²) in [5.74, 6) is -2.02. The van der Waals surface area contributed by atoms with E-state index in [1.165, 1.54) is 28.3 Å². The highest BCUT2D eigenvalue weighted by Crippen LogP contribution is 2.46. The molecular formula is C30H43NO12. The smallest absolute Gasteiger partial charge is 0.343 e. The topological polar surface area (TPSA) is 138 Å². The van der Waals surface area contributed by atoms with E-state index in [0.29, 0.717) is 12.8 Å². The van der Waals surface area contributed by atoms with Gasteiger partial charge in [-0.25, -0.2) is 4.79 Å². The van der Waals surface area contributed by atoms with Gasteiger partial charge in [0.1, 0.15) is 50.1 Å². The van der Waals surface area contributed by atoms with Crippen molar-refractivity contribution in [1.82, 2.24) is 5.32 Å². The Balaban J connectivity index is 1.57. The molecule has 1 aliphatic carbocycles. The van der Waals surface area contributed by atoms with Gasteiger partial charge in [0, 0.05) is 39.5 Å². The molecule has 0 unspecified atom stereocenters. The first kappa shape index (κ1) is 32.2. The number of esters is 1. The fraction of sp³-hybridized carbons (Fsp3) is 0.733. The fourth-order valence-electron chi connectivity index (χ4n) is 6.65. The molecule has 13 heteroatoms. The molecule has 3 heterocycles. The second-order valence-corrected chi connectivity index (χ2v) is 11.3. The molecule has 4 aliphatic rings. The maximum atomic E-state index is 14.1. The highest BCUT2D eigenvalue weighted by Gasteiger charge is 2.68. The lowest BCUT2D eigenvalue weighted by Crippen LogP contribution is -2.79. The van der Waals surface area contributed by atoms with Crippen LogP contribution >= 0.6 is 0 Å². The molecule has 13 nitrogen and oxygen atoms in total. The molecule has 0 aromatic heterocycles. The van der Waals surface area contributed by atoms with E-state index in [1.54, 1.807) is 0 Å². The molecule has 0 radical (unpaired) electrons. The maximum Gasteiger partial charge on any atom is 0.343 e. The van der Waals surface area contributed by atoms with Crippen LogP contribution in [0.5, 0.6) is 0 Å². The Labute approximate surface area is 251 Å². The van der Waals surface area contributed by atoms with Crippen molar-refractivity contribution >= 4 is 11.9 Å². The third-order valence-electron chi connectivity index (χ3n) is 8.45. The molecule has 5 rings (SSSR count). The molecule has 1 saturated carbocycles. The molecule has 0 bridgehead atoms. The number of benzene rings is 1. The highest BCUT2D eigenvalue weighted by atomic mass is 16.8. The van der Waals surface area contributed by atoms with E-state index in [-0.39, 0.29) is 26.8 Å². The van der Waals surface area contributed by atoms with Crippen molar-refractivity contribution in [2.75, 3.05) is 48.1 Å². The number of hydrogen-bond acceptors (Lipinski definition) is 12. The minimum atomic E-state index is -1.99. The molecule has 240 valence electrons. The van der Waals surface area contributed by atoms with E-state index < -0.39 is 66.1 Å². The standard InChI is InChI=1S/C30H43NO12/c1-19(32)31-25-24(38-17-34-2)23-21(15-37-27(41-23)20-11-7-5-8-12-20)43-30(25,28(33)36-4)26(39-18-35-3)22-16-40-29(42-22)13-9-6-10-14-29/h5,7-8,11-12,21-27H,6,9-10,13-18H2,1-4H3,(H,31,32)/t21-,22-,23-,24+,25-,26-,27-,30-/m1/s1. The lowest BCUT2D eigenvalue weighted by Gasteiger charge is -2.55. The second-order valence-electron chi connectivity index (χ2n) is 11.3. The SMILES string of the molecule is COCO[C@H]1[C@@H]2O[C@H](c3ccccc3)OC[C@H]2O[C@@](C(=O)OC)([C@H](OCOC)[C@H]2COC3(CCCCC3)O2)[C@@H]1NC(C)=O. The number of carbonyl (C=O) groups excluding carboxylic acids is 2. The van der Waals surface area contributed by atoms with E-state index in [4.69, 9.17) is 47.4 Å². The summed E-state index contributed by atoms with van der Waals surface area (Å²) in [7, 11) is 4.19. The predicted octanol–water partition coefficient (Wildman–Crippen LogP) is 1.97. The summed E-state index contributed by atoms with van der Waals surface area (Å²) in [6, 6.07) is 8.26. The third kappa shape index (κ3) is 6.60. The number of methoxy groups -OCH3 is 3. The lowest BCUT2D eigenvalue weighted by atomic mass is 9.76. The quantitative estimate of drug-likeness (QED) is 0.290. The van der Waals surface area contributed by atoms with Crippen molar-refractivity contribution in [1.29, 1.82) is 0 Å². The highest BCUT2D eigenvalue weighted by molar-refractivity contribution is 5.84. The van der Waals surface area contributed by atoms with Crippen molar-refractivity contribution in [3.05, 3.63) is 35.9 Å². The minimum absolute atomic E-state index is 0.0472. The average molecular weight is 610 g/mol. The number of carbonyl (C=O) groups is 2. The van der Waals surface area contributed by atoms with E-state index >= 15 is 0 Å². The predicted molar refractivity (Wildman–Crippen MR) is 147 cm³/mol. The monoisotopic (exact) mass is 609 g/mol. The Hall–Kier alpha value is -2.20. The first-order chi connectivity index (χ1) is 20.9. The molecule has 3 saturated heterocycles. The van der Waals surface area contributed by atoms with E-state index in [2.05, 4.69) is 5.32 Å². The Morgan fingerprint density at radius 1 is 1.00 bits per heavy atom. The molecule has 1 aromatic rings. The Bertz CT molecular complexity index is 1070. The molecular weight excluding hydrogens is 566 g/mol. The zero-order chi connectivity index (χ0) is 30.5. The number of fused-ring (bicyclic) bond motifs is 1. The van der Waals surface area contributed by atoms with Gasteiger partial charge in [0.2, 0.25) is 11.5 Å². The van der Waals surface area contributed by atoms with Gasteiger partial charge in [0.25, 0.3) is 0 Å². The van der Waals surface area contributed by atoms with Crippen LogP contribution in [0.25, 0.3) is 0 Å². The minimum Gasteiger partial charge on any atom is -0.467 e. The molecule has 1 amide bonds. The Morgan fingerprint density at radius 3 is 2.42 bits per heavy atom. The maximum absolute atomic E-state index is 14.1. The molecule has 8 atom stereocenters. The van der Waals surface area contributed by atoms with Crippen LogP contribution in [0.3, 0.4) is 0 Å². The number of nitrogens with one attached hydrogen (secondary N) is 1. The lowest BCUT2D eigenvalue weighted by molar-refractivity contribution is -0.356. The molecule has 1 aromatic carbocycles. The zero-order valence-electron chi connectivity index (χ0n) is 25.2. The van der Waals surface area contributed by atoms with Crippen LogP contribution in [-0.2, 0) is 57.0 Å². The number of hydrogen-bond donors (Lipinski definition) is 1. The number of rotatable bonds is 11. The summed E-state index contributed by atoms with van der Waals surface area (Å²) in [4.78, 5) is 26.9. The van der Waals surface area contributed by atoms with E-state index in [9.17, 15) is 9.59 Å². The van der Waals surface area contributed by atoms with Gasteiger partial charge in [-0.1, -0.05) is 36.8 Å².